The fraction of sp³-hybridized carbons (Fsp3) is 0.0909. The molecular weight excluding hydrogens is 372 g/mol. The fourth-order valence-corrected chi connectivity index (χ4v) is 3.12. The molecular formula is C22H18N2O5. The van der Waals surface area contributed by atoms with E-state index in [1.807, 2.05) is 12.1 Å². The second kappa shape index (κ2) is 8.79. The molecule has 146 valence electrons. The number of nitro groups is 1. The largest absolute Gasteiger partial charge is 0.479 e. The van der Waals surface area contributed by atoms with Gasteiger partial charge >= 0.3 is 5.97 Å². The molecule has 3 aromatic carbocycles. The predicted octanol–water partition coefficient (Wildman–Crippen LogP) is 3.67. The van der Waals surface area contributed by atoms with Crippen molar-refractivity contribution in [2.45, 2.75) is 12.0 Å². The predicted molar refractivity (Wildman–Crippen MR) is 106 cm³/mol. The van der Waals surface area contributed by atoms with Gasteiger partial charge in [-0.3, -0.25) is 14.9 Å². The minimum absolute atomic E-state index is 0.125. The highest BCUT2D eigenvalue weighted by molar-refractivity contribution is 5.91. The van der Waals surface area contributed by atoms with Crippen LogP contribution in [0, 0.1) is 10.1 Å². The lowest BCUT2D eigenvalue weighted by atomic mass is 9.90. The second-order valence-corrected chi connectivity index (χ2v) is 6.39. The van der Waals surface area contributed by atoms with Gasteiger partial charge in [-0.15, -0.1) is 0 Å². The zero-order valence-electron chi connectivity index (χ0n) is 15.3. The first-order valence-electron chi connectivity index (χ1n) is 8.85. The Hall–Kier alpha value is -4.00. The van der Waals surface area contributed by atoms with Crippen molar-refractivity contribution in [2.75, 3.05) is 0 Å². The Kier molecular flexibility index (Phi) is 5.99. The molecule has 0 aromatic heterocycles. The summed E-state index contributed by atoms with van der Waals surface area (Å²) in [5, 5.41) is 23.2. The van der Waals surface area contributed by atoms with Gasteiger partial charge in [0.05, 0.1) is 10.8 Å². The minimum Gasteiger partial charge on any atom is -0.479 e. The lowest BCUT2D eigenvalue weighted by Crippen LogP contribution is -2.37. The van der Waals surface area contributed by atoms with E-state index in [0.717, 1.165) is 6.07 Å². The standard InChI is InChI=1S/C22H18N2O5/c25-21(19(15-8-3-1-4-9-15)16-10-5-2-6-11-16)23-20(22(26)27)17-12-7-13-18(14-17)24(28)29/h1-14,19-20H,(H,23,25)(H,26,27)/t20-/m1/s1. The van der Waals surface area contributed by atoms with Crippen molar-refractivity contribution < 1.29 is 19.6 Å². The van der Waals surface area contributed by atoms with Crippen molar-refractivity contribution in [3.63, 3.8) is 0 Å². The van der Waals surface area contributed by atoms with Crippen LogP contribution in [0.4, 0.5) is 5.69 Å². The zero-order chi connectivity index (χ0) is 20.8. The van der Waals surface area contributed by atoms with Gasteiger partial charge in [0.1, 0.15) is 0 Å². The van der Waals surface area contributed by atoms with Crippen LogP contribution < -0.4 is 5.32 Å². The number of benzene rings is 3. The third-order valence-corrected chi connectivity index (χ3v) is 4.48. The van der Waals surface area contributed by atoms with Gasteiger partial charge in [0.15, 0.2) is 6.04 Å². The lowest BCUT2D eigenvalue weighted by Gasteiger charge is -2.21. The molecule has 0 unspecified atom stereocenters. The van der Waals surface area contributed by atoms with Gasteiger partial charge in [-0.2, -0.15) is 0 Å². The Morgan fingerprint density at radius 2 is 1.34 bits per heavy atom. The van der Waals surface area contributed by atoms with Gasteiger partial charge in [0, 0.05) is 12.1 Å². The number of aliphatic carboxylic acids is 1. The van der Waals surface area contributed by atoms with Crippen LogP contribution in [0.1, 0.15) is 28.7 Å². The Balaban J connectivity index is 1.96. The van der Waals surface area contributed by atoms with E-state index in [2.05, 4.69) is 5.32 Å². The molecule has 0 saturated carbocycles. The Morgan fingerprint density at radius 3 is 1.83 bits per heavy atom. The van der Waals surface area contributed by atoms with Crippen LogP contribution in [0.3, 0.4) is 0 Å². The van der Waals surface area contributed by atoms with Gasteiger partial charge in [-0.1, -0.05) is 72.8 Å². The number of carbonyl (C=O) groups excluding carboxylic acids is 1. The number of carboxylic acid groups (broad SMARTS) is 1. The molecule has 3 rings (SSSR count). The maximum atomic E-state index is 13.1. The molecule has 29 heavy (non-hydrogen) atoms. The smallest absolute Gasteiger partial charge is 0.330 e. The zero-order valence-corrected chi connectivity index (χ0v) is 15.3. The van der Waals surface area contributed by atoms with E-state index in [1.165, 1.54) is 18.2 Å². The average Bonchev–Trinajstić information content (AvgIpc) is 2.73. The van der Waals surface area contributed by atoms with Gasteiger partial charge < -0.3 is 10.4 Å². The van der Waals surface area contributed by atoms with Crippen LogP contribution in [-0.4, -0.2) is 21.9 Å². The van der Waals surface area contributed by atoms with E-state index in [9.17, 15) is 24.8 Å². The molecule has 7 nitrogen and oxygen atoms in total. The van der Waals surface area contributed by atoms with Crippen molar-refractivity contribution in [1.29, 1.82) is 0 Å². The van der Waals surface area contributed by atoms with Crippen LogP contribution in [0.2, 0.25) is 0 Å². The number of carboxylic acids is 1. The fourth-order valence-electron chi connectivity index (χ4n) is 3.12. The van der Waals surface area contributed by atoms with Crippen LogP contribution >= 0.6 is 0 Å². The summed E-state index contributed by atoms with van der Waals surface area (Å²) in [6, 6.07) is 21.8. The summed E-state index contributed by atoms with van der Waals surface area (Å²) < 4.78 is 0. The molecule has 2 N–H and O–H groups in total. The maximum Gasteiger partial charge on any atom is 0.330 e. The number of amides is 1. The van der Waals surface area contributed by atoms with Crippen LogP contribution in [0.25, 0.3) is 0 Å². The Bertz CT molecular complexity index is 982. The van der Waals surface area contributed by atoms with Crippen molar-refractivity contribution in [2.24, 2.45) is 0 Å². The molecule has 0 aliphatic carbocycles. The van der Waals surface area contributed by atoms with E-state index in [0.29, 0.717) is 11.1 Å². The molecule has 0 aliphatic rings. The quantitative estimate of drug-likeness (QED) is 0.472. The maximum absolute atomic E-state index is 13.1. The summed E-state index contributed by atoms with van der Waals surface area (Å²) in [5.74, 6) is -2.54. The number of hydrogen-bond donors (Lipinski definition) is 2. The van der Waals surface area contributed by atoms with E-state index >= 15 is 0 Å². The first-order chi connectivity index (χ1) is 14.0. The molecule has 0 bridgehead atoms. The molecule has 0 fully saturated rings. The molecule has 1 amide bonds. The number of carbonyl (C=O) groups is 2. The van der Waals surface area contributed by atoms with Crippen molar-refractivity contribution in [1.82, 2.24) is 5.32 Å². The number of nitrogens with one attached hydrogen (secondary N) is 1. The van der Waals surface area contributed by atoms with E-state index in [1.54, 1.807) is 48.5 Å². The van der Waals surface area contributed by atoms with Gasteiger partial charge in [-0.05, 0) is 16.7 Å². The van der Waals surface area contributed by atoms with Crippen molar-refractivity contribution in [3.05, 3.63) is 112 Å². The summed E-state index contributed by atoms with van der Waals surface area (Å²) in [7, 11) is 0. The highest BCUT2D eigenvalue weighted by Gasteiger charge is 2.29. The number of nitro benzene ring substituents is 1. The molecule has 0 radical (unpaired) electrons. The second-order valence-electron chi connectivity index (χ2n) is 6.39. The summed E-state index contributed by atoms with van der Waals surface area (Å²) in [6.45, 7) is 0. The molecule has 0 heterocycles. The number of hydrogen-bond acceptors (Lipinski definition) is 4. The Morgan fingerprint density at radius 1 is 0.828 bits per heavy atom. The van der Waals surface area contributed by atoms with E-state index in [4.69, 9.17) is 0 Å². The lowest BCUT2D eigenvalue weighted by molar-refractivity contribution is -0.384. The minimum atomic E-state index is -1.42. The van der Waals surface area contributed by atoms with Gasteiger partial charge in [-0.25, -0.2) is 4.79 Å². The van der Waals surface area contributed by atoms with Gasteiger partial charge in [0.25, 0.3) is 5.69 Å². The van der Waals surface area contributed by atoms with Crippen molar-refractivity contribution >= 4 is 17.6 Å². The third kappa shape index (κ3) is 4.65. The SMILES string of the molecule is O=C(N[C@@H](C(=O)O)c1cccc([N+](=O)[O-])c1)C(c1ccccc1)c1ccccc1. The monoisotopic (exact) mass is 390 g/mol. The number of nitrogens with zero attached hydrogens (tertiary/aromatic N) is 1. The molecule has 7 heteroatoms. The first kappa shape index (κ1) is 19.8. The van der Waals surface area contributed by atoms with Crippen LogP contribution in [0.5, 0.6) is 0 Å². The summed E-state index contributed by atoms with van der Waals surface area (Å²) in [6.07, 6.45) is 0. The van der Waals surface area contributed by atoms with Crippen LogP contribution in [0.15, 0.2) is 84.9 Å². The molecule has 0 saturated heterocycles. The summed E-state index contributed by atoms with van der Waals surface area (Å²) in [4.78, 5) is 35.4. The molecule has 1 atom stereocenters. The highest BCUT2D eigenvalue weighted by atomic mass is 16.6. The Labute approximate surface area is 166 Å². The normalized spacial score (nSPS) is 11.6. The van der Waals surface area contributed by atoms with Crippen molar-refractivity contribution in [3.8, 4) is 0 Å². The highest BCUT2D eigenvalue weighted by Crippen LogP contribution is 2.27. The number of rotatable bonds is 7. The number of non-ortho nitro benzene ring substituents is 1. The summed E-state index contributed by atoms with van der Waals surface area (Å²) >= 11 is 0. The molecule has 0 aliphatic heterocycles. The first-order valence-corrected chi connectivity index (χ1v) is 8.85. The molecule has 0 spiro atoms. The third-order valence-electron chi connectivity index (χ3n) is 4.48. The van der Waals surface area contributed by atoms with Gasteiger partial charge in [0.2, 0.25) is 5.91 Å². The summed E-state index contributed by atoms with van der Waals surface area (Å²) in [5.41, 5.74) is 1.30. The molecule has 3 aromatic rings. The van der Waals surface area contributed by atoms with E-state index in [-0.39, 0.29) is 11.3 Å². The van der Waals surface area contributed by atoms with E-state index < -0.39 is 28.8 Å². The van der Waals surface area contributed by atoms with Crippen LogP contribution in [-0.2, 0) is 9.59 Å². The topological polar surface area (TPSA) is 110 Å². The average molecular weight is 390 g/mol.